The molecule has 0 saturated carbocycles. The van der Waals surface area contributed by atoms with Crippen molar-refractivity contribution in [2.45, 2.75) is 26.9 Å². The molecule has 0 bridgehead atoms. The summed E-state index contributed by atoms with van der Waals surface area (Å²) < 4.78 is 11.1. The van der Waals surface area contributed by atoms with E-state index in [1.165, 1.54) is 11.3 Å². The molecule has 1 aromatic carbocycles. The molecule has 0 amide bonds. The minimum absolute atomic E-state index is 0. The molecule has 3 rings (SSSR count). The molecule has 1 aromatic heterocycles. The van der Waals surface area contributed by atoms with Gasteiger partial charge in [-0.3, -0.25) is 4.99 Å². The highest BCUT2D eigenvalue weighted by Gasteiger charge is 2.14. The van der Waals surface area contributed by atoms with Crippen LogP contribution in [-0.4, -0.2) is 44.3 Å². The fraction of sp³-hybridized carbons (Fsp3) is 0.474. The number of para-hydroxylation sites is 1. The van der Waals surface area contributed by atoms with Crippen LogP contribution in [0, 0.1) is 13.8 Å². The topological polar surface area (TPSA) is 74.9 Å². The van der Waals surface area contributed by atoms with Crippen LogP contribution >= 0.6 is 24.0 Å². The van der Waals surface area contributed by atoms with Gasteiger partial charge in [-0.25, -0.2) is 4.98 Å². The van der Waals surface area contributed by atoms with Gasteiger partial charge in [-0.05, 0) is 25.5 Å². The lowest BCUT2D eigenvalue weighted by molar-refractivity contribution is 0.122. The minimum atomic E-state index is 0. The van der Waals surface area contributed by atoms with Gasteiger partial charge in [-0.1, -0.05) is 18.2 Å². The maximum atomic E-state index is 5.60. The normalized spacial score (nSPS) is 14.6. The van der Waals surface area contributed by atoms with Gasteiger partial charge in [-0.15, -0.1) is 24.0 Å². The van der Waals surface area contributed by atoms with E-state index in [-0.39, 0.29) is 24.0 Å². The minimum Gasteiger partial charge on any atom is -0.444 e. The molecule has 7 nitrogen and oxygen atoms in total. The Bertz CT molecular complexity index is 737. The first kappa shape index (κ1) is 21.5. The Hall–Kier alpha value is -1.81. The fourth-order valence-corrected chi connectivity index (χ4v) is 2.95. The standard InChI is InChI=1S/C19H27N5O2.HI/c1-14-15(2)26-18(23-14)13-22-19(20-3)21-12-16-6-4-5-7-17(16)24-8-10-25-11-9-24;/h4-7H,8-13H2,1-3H3,(H2,20,21,22);1H. The Balaban J connectivity index is 0.00000261. The van der Waals surface area contributed by atoms with Crippen LogP contribution < -0.4 is 15.5 Å². The van der Waals surface area contributed by atoms with Crippen LogP contribution in [0.25, 0.3) is 0 Å². The summed E-state index contributed by atoms with van der Waals surface area (Å²) in [6.45, 7) is 8.45. The zero-order valence-corrected chi connectivity index (χ0v) is 18.4. The van der Waals surface area contributed by atoms with E-state index in [4.69, 9.17) is 9.15 Å². The van der Waals surface area contributed by atoms with Crippen LogP contribution in [0.15, 0.2) is 33.7 Å². The SMILES string of the molecule is CN=C(NCc1nc(C)c(C)o1)NCc1ccccc1N1CCOCC1.I. The van der Waals surface area contributed by atoms with E-state index in [2.05, 4.69) is 49.8 Å². The average Bonchev–Trinajstić information content (AvgIpc) is 3.00. The number of aromatic nitrogens is 1. The van der Waals surface area contributed by atoms with E-state index in [0.29, 0.717) is 19.0 Å². The molecule has 1 aliphatic rings. The van der Waals surface area contributed by atoms with Crippen molar-refractivity contribution < 1.29 is 9.15 Å². The average molecular weight is 485 g/mol. The van der Waals surface area contributed by atoms with E-state index in [1.807, 2.05) is 13.8 Å². The lowest BCUT2D eigenvalue weighted by Crippen LogP contribution is -2.39. The van der Waals surface area contributed by atoms with Crippen molar-refractivity contribution in [3.05, 3.63) is 47.2 Å². The molecular weight excluding hydrogens is 457 g/mol. The number of hydrogen-bond donors (Lipinski definition) is 2. The third kappa shape index (κ3) is 5.83. The number of benzene rings is 1. The Labute approximate surface area is 177 Å². The number of aliphatic imine (C=N–C) groups is 1. The lowest BCUT2D eigenvalue weighted by Gasteiger charge is -2.30. The molecule has 0 aliphatic carbocycles. The summed E-state index contributed by atoms with van der Waals surface area (Å²) >= 11 is 0. The maximum Gasteiger partial charge on any atom is 0.214 e. The maximum absolute atomic E-state index is 5.60. The molecule has 0 atom stereocenters. The van der Waals surface area contributed by atoms with Gasteiger partial charge in [0.2, 0.25) is 5.89 Å². The van der Waals surface area contributed by atoms with Crippen molar-refractivity contribution in [2.24, 2.45) is 4.99 Å². The van der Waals surface area contributed by atoms with Crippen LogP contribution in [0.5, 0.6) is 0 Å². The molecular formula is C19H28IN5O2. The summed E-state index contributed by atoms with van der Waals surface area (Å²) in [7, 11) is 1.76. The number of oxazole rings is 1. The number of morpholine rings is 1. The molecule has 0 unspecified atom stereocenters. The molecule has 8 heteroatoms. The second kappa shape index (κ2) is 10.5. The molecule has 1 saturated heterocycles. The summed E-state index contributed by atoms with van der Waals surface area (Å²) in [4.78, 5) is 11.0. The molecule has 2 heterocycles. The van der Waals surface area contributed by atoms with Crippen molar-refractivity contribution in [1.82, 2.24) is 15.6 Å². The van der Waals surface area contributed by atoms with Gasteiger partial charge in [0, 0.05) is 32.4 Å². The summed E-state index contributed by atoms with van der Waals surface area (Å²) in [6.07, 6.45) is 0. The van der Waals surface area contributed by atoms with E-state index in [0.717, 1.165) is 43.7 Å². The van der Waals surface area contributed by atoms with Gasteiger partial charge in [0.1, 0.15) is 5.76 Å². The van der Waals surface area contributed by atoms with Gasteiger partial charge in [0.15, 0.2) is 5.96 Å². The predicted molar refractivity (Wildman–Crippen MR) is 118 cm³/mol. The smallest absolute Gasteiger partial charge is 0.214 e. The van der Waals surface area contributed by atoms with Crippen LogP contribution in [0.2, 0.25) is 0 Å². The van der Waals surface area contributed by atoms with Crippen molar-refractivity contribution in [2.75, 3.05) is 38.3 Å². The lowest BCUT2D eigenvalue weighted by atomic mass is 10.1. The van der Waals surface area contributed by atoms with Gasteiger partial charge in [-0.2, -0.15) is 0 Å². The number of anilines is 1. The summed E-state index contributed by atoms with van der Waals surface area (Å²) in [5, 5.41) is 6.61. The van der Waals surface area contributed by atoms with Gasteiger partial charge in [0.05, 0.1) is 25.5 Å². The van der Waals surface area contributed by atoms with E-state index in [1.54, 1.807) is 7.05 Å². The highest BCUT2D eigenvalue weighted by molar-refractivity contribution is 14.0. The number of nitrogens with zero attached hydrogens (tertiary/aromatic N) is 3. The number of rotatable bonds is 5. The van der Waals surface area contributed by atoms with Crippen LogP contribution in [0.4, 0.5) is 5.69 Å². The number of halogens is 1. The van der Waals surface area contributed by atoms with E-state index in [9.17, 15) is 0 Å². The van der Waals surface area contributed by atoms with Gasteiger partial charge < -0.3 is 24.7 Å². The zero-order valence-electron chi connectivity index (χ0n) is 16.1. The van der Waals surface area contributed by atoms with Crippen molar-refractivity contribution in [1.29, 1.82) is 0 Å². The zero-order chi connectivity index (χ0) is 18.4. The fourth-order valence-electron chi connectivity index (χ4n) is 2.95. The summed E-state index contributed by atoms with van der Waals surface area (Å²) in [5.41, 5.74) is 3.40. The third-order valence-electron chi connectivity index (χ3n) is 4.49. The number of hydrogen-bond acceptors (Lipinski definition) is 5. The molecule has 27 heavy (non-hydrogen) atoms. The summed E-state index contributed by atoms with van der Waals surface area (Å²) in [6, 6.07) is 8.45. The van der Waals surface area contributed by atoms with Crippen molar-refractivity contribution in [3.63, 3.8) is 0 Å². The molecule has 148 valence electrons. The van der Waals surface area contributed by atoms with Gasteiger partial charge in [0.25, 0.3) is 0 Å². The second-order valence-corrected chi connectivity index (χ2v) is 6.26. The molecule has 0 spiro atoms. The summed E-state index contributed by atoms with van der Waals surface area (Å²) in [5.74, 6) is 2.23. The highest BCUT2D eigenvalue weighted by Crippen LogP contribution is 2.21. The van der Waals surface area contributed by atoms with E-state index < -0.39 is 0 Å². The molecule has 1 aliphatic heterocycles. The molecule has 2 aromatic rings. The Morgan fingerprint density at radius 1 is 1.15 bits per heavy atom. The highest BCUT2D eigenvalue weighted by atomic mass is 127. The monoisotopic (exact) mass is 485 g/mol. The molecule has 1 fully saturated rings. The Morgan fingerprint density at radius 2 is 1.85 bits per heavy atom. The van der Waals surface area contributed by atoms with Crippen LogP contribution in [0.1, 0.15) is 22.9 Å². The first-order valence-corrected chi connectivity index (χ1v) is 8.95. The van der Waals surface area contributed by atoms with Crippen molar-refractivity contribution in [3.8, 4) is 0 Å². The Kier molecular flexibility index (Phi) is 8.36. The predicted octanol–water partition coefficient (Wildman–Crippen LogP) is 2.61. The number of guanidine groups is 1. The number of nitrogens with one attached hydrogen (secondary N) is 2. The third-order valence-corrected chi connectivity index (χ3v) is 4.49. The van der Waals surface area contributed by atoms with Crippen molar-refractivity contribution >= 4 is 35.6 Å². The van der Waals surface area contributed by atoms with E-state index >= 15 is 0 Å². The number of ether oxygens (including phenoxy) is 1. The van der Waals surface area contributed by atoms with Crippen LogP contribution in [0.3, 0.4) is 0 Å². The first-order chi connectivity index (χ1) is 12.7. The van der Waals surface area contributed by atoms with Gasteiger partial charge >= 0.3 is 0 Å². The number of aryl methyl sites for hydroxylation is 2. The largest absolute Gasteiger partial charge is 0.444 e. The Morgan fingerprint density at radius 3 is 2.52 bits per heavy atom. The second-order valence-electron chi connectivity index (χ2n) is 6.26. The molecule has 0 radical (unpaired) electrons. The first-order valence-electron chi connectivity index (χ1n) is 8.95. The molecule has 2 N–H and O–H groups in total. The van der Waals surface area contributed by atoms with Crippen LogP contribution in [-0.2, 0) is 17.8 Å². The quantitative estimate of drug-likeness (QED) is 0.386.